The van der Waals surface area contributed by atoms with E-state index in [2.05, 4.69) is 15.9 Å². The molecule has 0 heterocycles. The maximum atomic E-state index is 11.5. The van der Waals surface area contributed by atoms with Crippen molar-refractivity contribution in [2.75, 3.05) is 12.3 Å². The number of carbonyl (C=O) groups is 1. The summed E-state index contributed by atoms with van der Waals surface area (Å²) in [5.74, 6) is -0.335. The molecule has 1 aromatic rings. The van der Waals surface area contributed by atoms with E-state index in [0.717, 1.165) is 10.0 Å². The zero-order chi connectivity index (χ0) is 10.7. The zero-order valence-electron chi connectivity index (χ0n) is 8.13. The number of ether oxygens (including phenoxy) is 1. The van der Waals surface area contributed by atoms with Gasteiger partial charge in [-0.05, 0) is 31.5 Å². The lowest BCUT2D eigenvalue weighted by Gasteiger charge is -2.08. The third-order valence-electron chi connectivity index (χ3n) is 1.91. The number of rotatable bonds is 2. The molecule has 0 atom stereocenters. The minimum absolute atomic E-state index is 0.335. The summed E-state index contributed by atoms with van der Waals surface area (Å²) in [4.78, 5) is 11.5. The fraction of sp³-hybridized carbons (Fsp3) is 0.300. The summed E-state index contributed by atoms with van der Waals surface area (Å²) in [5.41, 5.74) is 7.57. The number of nitrogens with two attached hydrogens (primary N) is 1. The van der Waals surface area contributed by atoms with E-state index in [0.29, 0.717) is 17.9 Å². The van der Waals surface area contributed by atoms with Crippen LogP contribution in [-0.4, -0.2) is 12.6 Å². The predicted molar refractivity (Wildman–Crippen MR) is 59.2 cm³/mol. The van der Waals surface area contributed by atoms with E-state index in [1.54, 1.807) is 26.0 Å². The Bertz CT molecular complexity index is 363. The molecule has 76 valence electrons. The molecule has 0 aromatic heterocycles. The highest BCUT2D eigenvalue weighted by Crippen LogP contribution is 2.23. The molecule has 1 rings (SSSR count). The number of carbonyl (C=O) groups excluding carboxylic acids is 1. The van der Waals surface area contributed by atoms with E-state index in [9.17, 15) is 4.79 Å². The molecule has 0 saturated heterocycles. The summed E-state index contributed by atoms with van der Waals surface area (Å²) in [6.45, 7) is 3.94. The fourth-order valence-corrected chi connectivity index (χ4v) is 1.60. The molecule has 3 nitrogen and oxygen atoms in total. The number of halogens is 1. The first-order valence-electron chi connectivity index (χ1n) is 4.29. The Hall–Kier alpha value is -1.03. The SMILES string of the molecule is CCOC(=O)c1cc(Br)cc(N)c1C. The van der Waals surface area contributed by atoms with Crippen LogP contribution in [0.4, 0.5) is 5.69 Å². The topological polar surface area (TPSA) is 52.3 Å². The maximum absolute atomic E-state index is 11.5. The van der Waals surface area contributed by atoms with Crippen molar-refractivity contribution in [3.63, 3.8) is 0 Å². The number of benzene rings is 1. The standard InChI is InChI=1S/C10H12BrNO2/c1-3-14-10(13)8-4-7(11)5-9(12)6(8)2/h4-5H,3,12H2,1-2H3. The molecular formula is C10H12BrNO2. The van der Waals surface area contributed by atoms with Crippen molar-refractivity contribution >= 4 is 27.6 Å². The highest BCUT2D eigenvalue weighted by molar-refractivity contribution is 9.10. The number of nitrogen functional groups attached to an aromatic ring is 1. The summed E-state index contributed by atoms with van der Waals surface area (Å²) in [7, 11) is 0. The van der Waals surface area contributed by atoms with Crippen LogP contribution in [0.3, 0.4) is 0 Å². The summed E-state index contributed by atoms with van der Waals surface area (Å²) in [5, 5.41) is 0. The van der Waals surface area contributed by atoms with E-state index in [1.807, 2.05) is 0 Å². The third-order valence-corrected chi connectivity index (χ3v) is 2.37. The van der Waals surface area contributed by atoms with Crippen molar-refractivity contribution in [3.05, 3.63) is 27.7 Å². The molecule has 0 bridgehead atoms. The molecule has 0 unspecified atom stereocenters. The highest BCUT2D eigenvalue weighted by Gasteiger charge is 2.12. The zero-order valence-corrected chi connectivity index (χ0v) is 9.72. The highest BCUT2D eigenvalue weighted by atomic mass is 79.9. The molecule has 0 fully saturated rings. The molecule has 0 aliphatic carbocycles. The van der Waals surface area contributed by atoms with E-state index in [4.69, 9.17) is 10.5 Å². The Morgan fingerprint density at radius 1 is 1.57 bits per heavy atom. The molecular weight excluding hydrogens is 246 g/mol. The summed E-state index contributed by atoms with van der Waals surface area (Å²) in [6.07, 6.45) is 0. The van der Waals surface area contributed by atoms with Gasteiger partial charge >= 0.3 is 5.97 Å². The van der Waals surface area contributed by atoms with Crippen LogP contribution in [0.15, 0.2) is 16.6 Å². The van der Waals surface area contributed by atoms with Gasteiger partial charge < -0.3 is 10.5 Å². The van der Waals surface area contributed by atoms with Crippen molar-refractivity contribution in [3.8, 4) is 0 Å². The van der Waals surface area contributed by atoms with Crippen molar-refractivity contribution in [2.45, 2.75) is 13.8 Å². The van der Waals surface area contributed by atoms with Crippen molar-refractivity contribution in [2.24, 2.45) is 0 Å². The van der Waals surface area contributed by atoms with Crippen LogP contribution in [0, 0.1) is 6.92 Å². The van der Waals surface area contributed by atoms with Crippen LogP contribution in [-0.2, 0) is 4.74 Å². The molecule has 0 aliphatic rings. The number of hydrogen-bond acceptors (Lipinski definition) is 3. The van der Waals surface area contributed by atoms with Gasteiger partial charge in [-0.2, -0.15) is 0 Å². The van der Waals surface area contributed by atoms with Crippen molar-refractivity contribution in [1.82, 2.24) is 0 Å². The van der Waals surface area contributed by atoms with Crippen LogP contribution < -0.4 is 5.73 Å². The molecule has 1 aromatic carbocycles. The van der Waals surface area contributed by atoms with E-state index < -0.39 is 0 Å². The van der Waals surface area contributed by atoms with Crippen LogP contribution >= 0.6 is 15.9 Å². The van der Waals surface area contributed by atoms with Gasteiger partial charge in [-0.15, -0.1) is 0 Å². The third kappa shape index (κ3) is 2.26. The van der Waals surface area contributed by atoms with E-state index in [1.165, 1.54) is 0 Å². The second kappa shape index (κ2) is 4.46. The van der Waals surface area contributed by atoms with Crippen LogP contribution in [0.2, 0.25) is 0 Å². The smallest absolute Gasteiger partial charge is 0.338 e. The lowest BCUT2D eigenvalue weighted by atomic mass is 10.1. The van der Waals surface area contributed by atoms with Crippen molar-refractivity contribution in [1.29, 1.82) is 0 Å². The molecule has 14 heavy (non-hydrogen) atoms. The first-order chi connectivity index (χ1) is 6.56. The Morgan fingerprint density at radius 3 is 2.79 bits per heavy atom. The average Bonchev–Trinajstić information content (AvgIpc) is 2.11. The van der Waals surface area contributed by atoms with E-state index in [-0.39, 0.29) is 5.97 Å². The molecule has 0 aliphatic heterocycles. The molecule has 0 spiro atoms. The lowest BCUT2D eigenvalue weighted by Crippen LogP contribution is -2.08. The van der Waals surface area contributed by atoms with Gasteiger partial charge in [-0.25, -0.2) is 4.79 Å². The Labute approximate surface area is 91.4 Å². The minimum atomic E-state index is -0.335. The monoisotopic (exact) mass is 257 g/mol. The summed E-state index contributed by atoms with van der Waals surface area (Å²) in [6, 6.07) is 3.47. The molecule has 4 heteroatoms. The predicted octanol–water partition coefficient (Wildman–Crippen LogP) is 2.52. The Balaban J connectivity index is 3.13. The number of esters is 1. The van der Waals surface area contributed by atoms with Gasteiger partial charge in [-0.1, -0.05) is 15.9 Å². The lowest BCUT2D eigenvalue weighted by molar-refractivity contribution is 0.0525. The second-order valence-corrected chi connectivity index (χ2v) is 3.80. The summed E-state index contributed by atoms with van der Waals surface area (Å²) >= 11 is 3.28. The summed E-state index contributed by atoms with van der Waals surface area (Å²) < 4.78 is 5.68. The largest absolute Gasteiger partial charge is 0.462 e. The van der Waals surface area contributed by atoms with Crippen LogP contribution in [0.5, 0.6) is 0 Å². The fourth-order valence-electron chi connectivity index (χ4n) is 1.12. The van der Waals surface area contributed by atoms with Gasteiger partial charge in [0.1, 0.15) is 0 Å². The van der Waals surface area contributed by atoms with Crippen LogP contribution in [0.1, 0.15) is 22.8 Å². The quantitative estimate of drug-likeness (QED) is 0.655. The van der Waals surface area contributed by atoms with Crippen LogP contribution in [0.25, 0.3) is 0 Å². The second-order valence-electron chi connectivity index (χ2n) is 2.89. The average molecular weight is 258 g/mol. The molecule has 0 saturated carbocycles. The Kier molecular flexibility index (Phi) is 3.52. The first-order valence-corrected chi connectivity index (χ1v) is 5.08. The normalized spacial score (nSPS) is 9.93. The molecule has 0 radical (unpaired) electrons. The van der Waals surface area contributed by atoms with Gasteiger partial charge in [0.15, 0.2) is 0 Å². The van der Waals surface area contributed by atoms with Crippen molar-refractivity contribution < 1.29 is 9.53 Å². The van der Waals surface area contributed by atoms with Gasteiger partial charge in [0.05, 0.1) is 12.2 Å². The molecule has 2 N–H and O–H groups in total. The number of anilines is 1. The first kappa shape index (κ1) is 11.0. The van der Waals surface area contributed by atoms with Gasteiger partial charge in [0, 0.05) is 10.2 Å². The maximum Gasteiger partial charge on any atom is 0.338 e. The van der Waals surface area contributed by atoms with E-state index >= 15 is 0 Å². The molecule has 0 amide bonds. The van der Waals surface area contributed by atoms with Gasteiger partial charge in [0.25, 0.3) is 0 Å². The minimum Gasteiger partial charge on any atom is -0.462 e. The Morgan fingerprint density at radius 2 is 2.21 bits per heavy atom. The van der Waals surface area contributed by atoms with Gasteiger partial charge in [-0.3, -0.25) is 0 Å². The van der Waals surface area contributed by atoms with Gasteiger partial charge in [0.2, 0.25) is 0 Å². The number of hydrogen-bond donors (Lipinski definition) is 1.